The molecule has 2 aliphatic rings. The van der Waals surface area contributed by atoms with Crippen LogP contribution in [0.4, 0.5) is 0 Å². The van der Waals surface area contributed by atoms with Crippen LogP contribution in [0, 0.1) is 0 Å². The van der Waals surface area contributed by atoms with Crippen LogP contribution < -0.4 is 5.32 Å². The molecule has 0 atom stereocenters. The maximum absolute atomic E-state index is 12.1. The number of amides is 1. The predicted molar refractivity (Wildman–Crippen MR) is 80.5 cm³/mol. The Balaban J connectivity index is 1.70. The number of likely N-dealkylation sites (tertiary alicyclic amines) is 1. The minimum atomic E-state index is -0.731. The lowest BCUT2D eigenvalue weighted by molar-refractivity contribution is -0.128. The Morgan fingerprint density at radius 3 is 2.50 bits per heavy atom. The molecule has 0 unspecified atom stereocenters. The lowest BCUT2D eigenvalue weighted by Gasteiger charge is -2.34. The van der Waals surface area contributed by atoms with Gasteiger partial charge >= 0.3 is 0 Å². The highest BCUT2D eigenvalue weighted by molar-refractivity contribution is 5.77. The number of carbonyl (C=O) groups excluding carboxylic acids is 1. The van der Waals surface area contributed by atoms with Crippen molar-refractivity contribution in [2.45, 2.75) is 76.4 Å². The average Bonchev–Trinajstić information content (AvgIpc) is 2.41. The van der Waals surface area contributed by atoms with Crippen LogP contribution in [0.2, 0.25) is 0 Å². The molecule has 4 nitrogen and oxygen atoms in total. The second kappa shape index (κ2) is 7.41. The molecule has 4 heteroatoms. The van der Waals surface area contributed by atoms with Crippen molar-refractivity contribution >= 4 is 5.91 Å². The minimum Gasteiger partial charge on any atom is -0.389 e. The standard InChI is InChI=1S/C16H30N2O2/c1-2-10-18-11-6-14(7-12-18)17-15(19)13-16(20)8-4-3-5-9-16/h14,20H,2-13H2,1H3,(H,17,19). The molecule has 1 heterocycles. The van der Waals surface area contributed by atoms with Crippen LogP contribution in [0.1, 0.15) is 64.7 Å². The maximum atomic E-state index is 12.1. The van der Waals surface area contributed by atoms with E-state index >= 15 is 0 Å². The monoisotopic (exact) mass is 282 g/mol. The highest BCUT2D eigenvalue weighted by Crippen LogP contribution is 2.30. The van der Waals surface area contributed by atoms with Gasteiger partial charge in [-0.05, 0) is 38.6 Å². The summed E-state index contributed by atoms with van der Waals surface area (Å²) in [5, 5.41) is 13.5. The first-order chi connectivity index (χ1) is 9.61. The van der Waals surface area contributed by atoms with Crippen LogP contribution in [0.25, 0.3) is 0 Å². The molecule has 2 N–H and O–H groups in total. The lowest BCUT2D eigenvalue weighted by atomic mass is 9.82. The first-order valence-corrected chi connectivity index (χ1v) is 8.35. The van der Waals surface area contributed by atoms with Crippen molar-refractivity contribution in [2.75, 3.05) is 19.6 Å². The van der Waals surface area contributed by atoms with E-state index in [1.54, 1.807) is 0 Å². The number of piperidine rings is 1. The van der Waals surface area contributed by atoms with Crippen molar-refractivity contribution in [1.29, 1.82) is 0 Å². The highest BCUT2D eigenvalue weighted by Gasteiger charge is 2.32. The summed E-state index contributed by atoms with van der Waals surface area (Å²) >= 11 is 0. The molecule has 116 valence electrons. The van der Waals surface area contributed by atoms with Crippen LogP contribution in [0.15, 0.2) is 0 Å². The second-order valence-corrected chi connectivity index (χ2v) is 6.65. The summed E-state index contributed by atoms with van der Waals surface area (Å²) < 4.78 is 0. The molecule has 1 saturated carbocycles. The summed E-state index contributed by atoms with van der Waals surface area (Å²) in [5.74, 6) is 0.0448. The van der Waals surface area contributed by atoms with Gasteiger partial charge in [-0.1, -0.05) is 26.2 Å². The van der Waals surface area contributed by atoms with E-state index in [1.165, 1.54) is 19.4 Å². The molecular weight excluding hydrogens is 252 g/mol. The number of hydrogen-bond acceptors (Lipinski definition) is 3. The largest absolute Gasteiger partial charge is 0.389 e. The van der Waals surface area contributed by atoms with Gasteiger partial charge in [0.2, 0.25) is 5.91 Å². The zero-order valence-electron chi connectivity index (χ0n) is 12.9. The molecule has 1 amide bonds. The smallest absolute Gasteiger partial charge is 0.223 e. The molecule has 0 aromatic rings. The number of carbonyl (C=O) groups is 1. The average molecular weight is 282 g/mol. The van der Waals surface area contributed by atoms with Crippen molar-refractivity contribution in [2.24, 2.45) is 0 Å². The summed E-state index contributed by atoms with van der Waals surface area (Å²) in [6.07, 6.45) is 8.46. The van der Waals surface area contributed by atoms with Gasteiger partial charge in [-0.25, -0.2) is 0 Å². The van der Waals surface area contributed by atoms with Gasteiger partial charge in [-0.2, -0.15) is 0 Å². The Hall–Kier alpha value is -0.610. The fraction of sp³-hybridized carbons (Fsp3) is 0.938. The number of nitrogens with one attached hydrogen (secondary N) is 1. The van der Waals surface area contributed by atoms with E-state index in [1.807, 2.05) is 0 Å². The van der Waals surface area contributed by atoms with Crippen molar-refractivity contribution < 1.29 is 9.90 Å². The van der Waals surface area contributed by atoms with Crippen LogP contribution in [-0.2, 0) is 4.79 Å². The Morgan fingerprint density at radius 2 is 1.90 bits per heavy atom. The molecule has 0 bridgehead atoms. The van der Waals surface area contributed by atoms with Gasteiger partial charge in [0.05, 0.1) is 12.0 Å². The second-order valence-electron chi connectivity index (χ2n) is 6.65. The van der Waals surface area contributed by atoms with E-state index < -0.39 is 5.60 Å². The Labute approximate surface area is 122 Å². The fourth-order valence-corrected chi connectivity index (χ4v) is 3.58. The van der Waals surface area contributed by atoms with E-state index in [4.69, 9.17) is 0 Å². The molecule has 0 aromatic carbocycles. The van der Waals surface area contributed by atoms with Gasteiger partial charge in [0, 0.05) is 19.1 Å². The van der Waals surface area contributed by atoms with Crippen molar-refractivity contribution in [3.63, 3.8) is 0 Å². The zero-order chi connectivity index (χ0) is 14.4. The van der Waals surface area contributed by atoms with Gasteiger partial charge in [-0.15, -0.1) is 0 Å². The van der Waals surface area contributed by atoms with Gasteiger partial charge in [0.15, 0.2) is 0 Å². The van der Waals surface area contributed by atoms with Crippen LogP contribution in [-0.4, -0.2) is 47.2 Å². The minimum absolute atomic E-state index is 0.0448. The molecular formula is C16H30N2O2. The summed E-state index contributed by atoms with van der Waals surface area (Å²) in [7, 11) is 0. The maximum Gasteiger partial charge on any atom is 0.223 e. The zero-order valence-corrected chi connectivity index (χ0v) is 12.9. The molecule has 0 aromatic heterocycles. The van der Waals surface area contributed by atoms with E-state index in [2.05, 4.69) is 17.1 Å². The third-order valence-electron chi connectivity index (χ3n) is 4.77. The van der Waals surface area contributed by atoms with Crippen molar-refractivity contribution in [1.82, 2.24) is 10.2 Å². The van der Waals surface area contributed by atoms with Crippen molar-refractivity contribution in [3.05, 3.63) is 0 Å². The third-order valence-corrected chi connectivity index (χ3v) is 4.77. The quantitative estimate of drug-likeness (QED) is 0.811. The number of aliphatic hydroxyl groups is 1. The SMILES string of the molecule is CCCN1CCC(NC(=O)CC2(O)CCCCC2)CC1. The van der Waals surface area contributed by atoms with E-state index in [0.29, 0.717) is 12.5 Å². The summed E-state index contributed by atoms with van der Waals surface area (Å²) in [5.41, 5.74) is -0.731. The molecule has 0 radical (unpaired) electrons. The number of hydrogen-bond donors (Lipinski definition) is 2. The van der Waals surface area contributed by atoms with E-state index in [0.717, 1.165) is 51.6 Å². The van der Waals surface area contributed by atoms with Gasteiger partial charge < -0.3 is 15.3 Å². The predicted octanol–water partition coefficient (Wildman–Crippen LogP) is 2.06. The molecule has 20 heavy (non-hydrogen) atoms. The molecule has 2 fully saturated rings. The van der Waals surface area contributed by atoms with Crippen molar-refractivity contribution in [3.8, 4) is 0 Å². The Kier molecular flexibility index (Phi) is 5.85. The number of nitrogens with zero attached hydrogens (tertiary/aromatic N) is 1. The molecule has 0 spiro atoms. The van der Waals surface area contributed by atoms with Gasteiger partial charge in [0.25, 0.3) is 0 Å². The van der Waals surface area contributed by atoms with Gasteiger partial charge in [-0.3, -0.25) is 4.79 Å². The van der Waals surface area contributed by atoms with Crippen LogP contribution in [0.3, 0.4) is 0 Å². The Morgan fingerprint density at radius 1 is 1.25 bits per heavy atom. The Bertz CT molecular complexity index is 306. The van der Waals surface area contributed by atoms with Crippen LogP contribution in [0.5, 0.6) is 0 Å². The summed E-state index contributed by atoms with van der Waals surface area (Å²) in [6.45, 7) is 5.55. The van der Waals surface area contributed by atoms with Crippen LogP contribution >= 0.6 is 0 Å². The summed E-state index contributed by atoms with van der Waals surface area (Å²) in [4.78, 5) is 14.6. The first-order valence-electron chi connectivity index (χ1n) is 8.35. The van der Waals surface area contributed by atoms with Gasteiger partial charge in [0.1, 0.15) is 0 Å². The molecule has 2 rings (SSSR count). The molecule has 1 aliphatic carbocycles. The fourth-order valence-electron chi connectivity index (χ4n) is 3.58. The van der Waals surface area contributed by atoms with E-state index in [-0.39, 0.29) is 5.91 Å². The number of rotatable bonds is 5. The normalized spacial score (nSPS) is 24.5. The highest BCUT2D eigenvalue weighted by atomic mass is 16.3. The summed E-state index contributed by atoms with van der Waals surface area (Å²) in [6, 6.07) is 0.308. The third kappa shape index (κ3) is 4.74. The van der Waals surface area contributed by atoms with E-state index in [9.17, 15) is 9.90 Å². The molecule has 1 aliphatic heterocycles. The lowest BCUT2D eigenvalue weighted by Crippen LogP contribution is -2.47. The topological polar surface area (TPSA) is 52.6 Å². The molecule has 1 saturated heterocycles. The first kappa shape index (κ1) is 15.8.